The molecule has 0 saturated carbocycles. The first kappa shape index (κ1) is 14.7. The topological polar surface area (TPSA) is 72.5 Å². The van der Waals surface area contributed by atoms with Gasteiger partial charge in [-0.2, -0.15) is 0 Å². The number of rotatable bonds is 3. The molecule has 18 heavy (non-hydrogen) atoms. The molecule has 0 heterocycles. The zero-order valence-electron chi connectivity index (χ0n) is 11.3. The lowest BCUT2D eigenvalue weighted by atomic mass is 9.95. The minimum Gasteiger partial charge on any atom is -0.387 e. The smallest absolute Gasteiger partial charge is 0.175 e. The summed E-state index contributed by atoms with van der Waals surface area (Å²) in [6, 6.07) is 6.70. The third kappa shape index (κ3) is 4.14. The van der Waals surface area contributed by atoms with Crippen molar-refractivity contribution in [2.75, 3.05) is 6.26 Å². The van der Waals surface area contributed by atoms with Gasteiger partial charge in [0.15, 0.2) is 9.84 Å². The van der Waals surface area contributed by atoms with Gasteiger partial charge in [-0.25, -0.2) is 8.42 Å². The minimum atomic E-state index is -3.13. The van der Waals surface area contributed by atoms with Gasteiger partial charge in [0.05, 0.1) is 17.3 Å². The lowest BCUT2D eigenvalue weighted by molar-refractivity contribution is 0.581. The molecule has 0 saturated heterocycles. The van der Waals surface area contributed by atoms with Gasteiger partial charge in [-0.15, -0.1) is 0 Å². The number of aliphatic imine (C=N–C) groups is 1. The zero-order chi connectivity index (χ0) is 14.0. The fourth-order valence-electron chi connectivity index (χ4n) is 1.26. The minimum absolute atomic E-state index is 0.146. The van der Waals surface area contributed by atoms with Gasteiger partial charge in [0.2, 0.25) is 0 Å². The molecule has 0 bridgehead atoms. The van der Waals surface area contributed by atoms with Gasteiger partial charge in [0, 0.05) is 11.7 Å². The molecule has 0 aliphatic heterocycles. The Balaban J connectivity index is 2.83. The molecular formula is C13H20N2O2S. The summed E-state index contributed by atoms with van der Waals surface area (Å²) in [4.78, 5) is 4.62. The number of amidine groups is 1. The van der Waals surface area contributed by atoms with Crippen molar-refractivity contribution in [2.24, 2.45) is 16.1 Å². The maximum Gasteiger partial charge on any atom is 0.175 e. The second kappa shape index (κ2) is 5.10. The first-order valence-corrected chi connectivity index (χ1v) is 7.59. The zero-order valence-corrected chi connectivity index (χ0v) is 12.1. The van der Waals surface area contributed by atoms with E-state index in [1.165, 1.54) is 6.26 Å². The van der Waals surface area contributed by atoms with E-state index in [1.807, 2.05) is 20.8 Å². The summed E-state index contributed by atoms with van der Waals surface area (Å²) in [6.07, 6.45) is 1.19. The van der Waals surface area contributed by atoms with Gasteiger partial charge in [-0.1, -0.05) is 32.9 Å². The molecule has 0 aliphatic carbocycles. The summed E-state index contributed by atoms with van der Waals surface area (Å²) in [7, 11) is -3.13. The van der Waals surface area contributed by atoms with Crippen molar-refractivity contribution >= 4 is 15.7 Å². The van der Waals surface area contributed by atoms with Crippen LogP contribution in [-0.2, 0) is 16.4 Å². The number of nitrogens with two attached hydrogens (primary N) is 1. The van der Waals surface area contributed by atoms with E-state index in [0.717, 1.165) is 5.56 Å². The Morgan fingerprint density at radius 2 is 1.72 bits per heavy atom. The third-order valence-electron chi connectivity index (χ3n) is 2.55. The molecule has 0 amide bonds. The van der Waals surface area contributed by atoms with Crippen molar-refractivity contribution in [3.63, 3.8) is 0 Å². The molecule has 0 radical (unpaired) electrons. The monoisotopic (exact) mass is 268 g/mol. The van der Waals surface area contributed by atoms with Crippen LogP contribution in [0.3, 0.4) is 0 Å². The van der Waals surface area contributed by atoms with Crippen LogP contribution in [0.4, 0.5) is 0 Å². The number of hydrogen-bond donors (Lipinski definition) is 1. The van der Waals surface area contributed by atoms with E-state index in [-0.39, 0.29) is 5.41 Å². The molecule has 1 aromatic rings. The predicted octanol–water partition coefficient (Wildman–Crippen LogP) is 1.99. The van der Waals surface area contributed by atoms with Crippen LogP contribution in [-0.4, -0.2) is 20.5 Å². The molecule has 0 fully saturated rings. The highest BCUT2D eigenvalue weighted by Gasteiger charge is 2.14. The second-order valence-electron chi connectivity index (χ2n) is 5.37. The number of benzene rings is 1. The Labute approximate surface area is 109 Å². The maximum atomic E-state index is 11.3. The summed E-state index contributed by atoms with van der Waals surface area (Å²) < 4.78 is 22.6. The van der Waals surface area contributed by atoms with Crippen LogP contribution in [0.1, 0.15) is 26.3 Å². The van der Waals surface area contributed by atoms with Gasteiger partial charge in [0.1, 0.15) is 0 Å². The van der Waals surface area contributed by atoms with Crippen molar-refractivity contribution < 1.29 is 8.42 Å². The average molecular weight is 268 g/mol. The van der Waals surface area contributed by atoms with Crippen LogP contribution in [0.25, 0.3) is 0 Å². The fraction of sp³-hybridized carbons (Fsp3) is 0.462. The standard InChI is InChI=1S/C13H20N2O2S/c1-13(2,3)12(14)15-9-10-5-7-11(8-6-10)18(4,16)17/h5-8H,9H2,1-4H3,(H2,14,15). The Morgan fingerprint density at radius 1 is 1.22 bits per heavy atom. The van der Waals surface area contributed by atoms with Crippen molar-refractivity contribution in [2.45, 2.75) is 32.2 Å². The van der Waals surface area contributed by atoms with Crippen molar-refractivity contribution in [1.29, 1.82) is 0 Å². The SMILES string of the molecule is CC(C)(C)C(N)=NCc1ccc(S(C)(=O)=O)cc1. The molecule has 2 N–H and O–H groups in total. The van der Waals surface area contributed by atoms with E-state index < -0.39 is 9.84 Å². The summed E-state index contributed by atoms with van der Waals surface area (Å²) in [5, 5.41) is 0. The van der Waals surface area contributed by atoms with E-state index in [9.17, 15) is 8.42 Å². The van der Waals surface area contributed by atoms with Crippen LogP contribution in [0.5, 0.6) is 0 Å². The Hall–Kier alpha value is -1.36. The summed E-state index contributed by atoms with van der Waals surface area (Å²) in [5.41, 5.74) is 6.65. The normalized spacial score (nSPS) is 13.7. The van der Waals surface area contributed by atoms with E-state index in [0.29, 0.717) is 17.3 Å². The summed E-state index contributed by atoms with van der Waals surface area (Å²) in [5.74, 6) is 0.592. The van der Waals surface area contributed by atoms with Crippen LogP contribution < -0.4 is 5.73 Å². The number of nitrogens with zero attached hydrogens (tertiary/aromatic N) is 1. The highest BCUT2D eigenvalue weighted by Crippen LogP contribution is 2.15. The number of hydrogen-bond acceptors (Lipinski definition) is 3. The van der Waals surface area contributed by atoms with Gasteiger partial charge in [-0.05, 0) is 17.7 Å². The molecule has 0 spiro atoms. The van der Waals surface area contributed by atoms with Crippen LogP contribution in [0.15, 0.2) is 34.2 Å². The van der Waals surface area contributed by atoms with Gasteiger partial charge < -0.3 is 5.73 Å². The van der Waals surface area contributed by atoms with E-state index in [4.69, 9.17) is 5.73 Å². The maximum absolute atomic E-state index is 11.3. The Kier molecular flexibility index (Phi) is 4.16. The summed E-state index contributed by atoms with van der Waals surface area (Å²) in [6.45, 7) is 6.46. The molecule has 4 nitrogen and oxygen atoms in total. The molecule has 0 atom stereocenters. The Bertz CT molecular complexity index is 537. The lowest BCUT2D eigenvalue weighted by Gasteiger charge is -2.17. The molecule has 1 rings (SSSR count). The molecule has 0 aromatic heterocycles. The van der Waals surface area contributed by atoms with Gasteiger partial charge in [0.25, 0.3) is 0 Å². The van der Waals surface area contributed by atoms with Crippen molar-refractivity contribution in [3.8, 4) is 0 Å². The van der Waals surface area contributed by atoms with Crippen molar-refractivity contribution in [1.82, 2.24) is 0 Å². The first-order valence-electron chi connectivity index (χ1n) is 5.70. The molecule has 100 valence electrons. The largest absolute Gasteiger partial charge is 0.387 e. The Morgan fingerprint density at radius 3 is 2.11 bits per heavy atom. The highest BCUT2D eigenvalue weighted by atomic mass is 32.2. The van der Waals surface area contributed by atoms with Crippen molar-refractivity contribution in [3.05, 3.63) is 29.8 Å². The van der Waals surface area contributed by atoms with Gasteiger partial charge >= 0.3 is 0 Å². The highest BCUT2D eigenvalue weighted by molar-refractivity contribution is 7.90. The molecule has 5 heteroatoms. The van der Waals surface area contributed by atoms with Gasteiger partial charge in [-0.3, -0.25) is 4.99 Å². The quantitative estimate of drug-likeness (QED) is 0.673. The summed E-state index contributed by atoms with van der Waals surface area (Å²) >= 11 is 0. The molecule has 0 unspecified atom stereocenters. The second-order valence-corrected chi connectivity index (χ2v) is 7.38. The first-order chi connectivity index (χ1) is 8.10. The van der Waals surface area contributed by atoms with Crippen LogP contribution in [0, 0.1) is 5.41 Å². The van der Waals surface area contributed by atoms with Crippen LogP contribution >= 0.6 is 0 Å². The third-order valence-corrected chi connectivity index (χ3v) is 3.68. The van der Waals surface area contributed by atoms with E-state index in [1.54, 1.807) is 24.3 Å². The lowest BCUT2D eigenvalue weighted by Crippen LogP contribution is -2.28. The molecule has 0 aliphatic rings. The average Bonchev–Trinajstić information content (AvgIpc) is 2.24. The predicted molar refractivity (Wildman–Crippen MR) is 74.3 cm³/mol. The fourth-order valence-corrected chi connectivity index (χ4v) is 1.89. The molecular weight excluding hydrogens is 248 g/mol. The van der Waals surface area contributed by atoms with E-state index in [2.05, 4.69) is 4.99 Å². The van der Waals surface area contributed by atoms with Crippen LogP contribution in [0.2, 0.25) is 0 Å². The number of sulfone groups is 1. The molecule has 1 aromatic carbocycles. The van der Waals surface area contributed by atoms with E-state index >= 15 is 0 Å².